The van der Waals surface area contributed by atoms with E-state index in [1.807, 2.05) is 66.7 Å². The lowest BCUT2D eigenvalue weighted by molar-refractivity contribution is 0.0951. The smallest absolute Gasteiger partial charge is 0.251 e. The molecule has 2 aromatic carbocycles. The topological polar surface area (TPSA) is 54.9 Å². The predicted molar refractivity (Wildman–Crippen MR) is 111 cm³/mol. The highest BCUT2D eigenvalue weighted by Gasteiger charge is 2.07. The maximum absolute atomic E-state index is 12.5. The molecule has 0 spiro atoms. The summed E-state index contributed by atoms with van der Waals surface area (Å²) < 4.78 is 0. The molecule has 0 atom stereocenters. The van der Waals surface area contributed by atoms with Gasteiger partial charge in [-0.2, -0.15) is 0 Å². The van der Waals surface area contributed by atoms with Gasteiger partial charge in [-0.05, 0) is 53.1 Å². The van der Waals surface area contributed by atoms with Crippen LogP contribution in [0.4, 0.5) is 0 Å². The van der Waals surface area contributed by atoms with Gasteiger partial charge in [-0.15, -0.1) is 0 Å². The van der Waals surface area contributed by atoms with Gasteiger partial charge in [-0.25, -0.2) is 0 Å². The van der Waals surface area contributed by atoms with Crippen LogP contribution >= 0.6 is 0 Å². The molecule has 4 heteroatoms. The van der Waals surface area contributed by atoms with Gasteiger partial charge in [0.1, 0.15) is 0 Å². The number of carbonyl (C=O) groups is 1. The number of hydrogen-bond donors (Lipinski definition) is 1. The van der Waals surface area contributed by atoms with Crippen molar-refractivity contribution >= 4 is 5.91 Å². The molecule has 2 heterocycles. The van der Waals surface area contributed by atoms with Crippen LogP contribution in [0.1, 0.15) is 15.9 Å². The number of hydrogen-bond acceptors (Lipinski definition) is 3. The zero-order valence-electron chi connectivity index (χ0n) is 15.2. The van der Waals surface area contributed by atoms with E-state index in [0.29, 0.717) is 12.1 Å². The van der Waals surface area contributed by atoms with E-state index in [9.17, 15) is 4.79 Å². The van der Waals surface area contributed by atoms with Crippen LogP contribution in [-0.2, 0) is 6.54 Å². The molecule has 0 radical (unpaired) electrons. The summed E-state index contributed by atoms with van der Waals surface area (Å²) in [6.45, 7) is 0.444. The van der Waals surface area contributed by atoms with Gasteiger partial charge in [0.25, 0.3) is 5.91 Å². The van der Waals surface area contributed by atoms with E-state index < -0.39 is 0 Å². The Hall–Kier alpha value is -3.79. The monoisotopic (exact) mass is 365 g/mol. The van der Waals surface area contributed by atoms with Crippen molar-refractivity contribution in [1.29, 1.82) is 0 Å². The van der Waals surface area contributed by atoms with Crippen molar-refractivity contribution in [2.24, 2.45) is 0 Å². The normalized spacial score (nSPS) is 10.4. The fourth-order valence-electron chi connectivity index (χ4n) is 2.99. The fraction of sp³-hybridized carbons (Fsp3) is 0.0417. The standard InChI is InChI=1S/C24H19N3O/c28-24(22-8-6-20(7-9-22)19-4-2-1-3-5-19)27-17-18-10-15-26-23(16-18)21-11-13-25-14-12-21/h1-16H,17H2,(H,27,28). The molecule has 28 heavy (non-hydrogen) atoms. The number of aromatic nitrogens is 2. The van der Waals surface area contributed by atoms with Crippen LogP contribution in [0.25, 0.3) is 22.4 Å². The summed E-state index contributed by atoms with van der Waals surface area (Å²) in [4.78, 5) is 20.9. The van der Waals surface area contributed by atoms with Crippen molar-refractivity contribution in [3.8, 4) is 22.4 Å². The second kappa shape index (κ2) is 8.27. The Balaban J connectivity index is 1.42. The van der Waals surface area contributed by atoms with E-state index in [0.717, 1.165) is 27.9 Å². The third-order valence-electron chi connectivity index (χ3n) is 4.51. The molecule has 0 aliphatic carbocycles. The number of rotatable bonds is 5. The van der Waals surface area contributed by atoms with Crippen molar-refractivity contribution in [2.45, 2.75) is 6.54 Å². The van der Waals surface area contributed by atoms with Crippen molar-refractivity contribution < 1.29 is 4.79 Å². The molecule has 0 saturated heterocycles. The Morgan fingerprint density at radius 2 is 1.46 bits per heavy atom. The lowest BCUT2D eigenvalue weighted by Gasteiger charge is -2.08. The van der Waals surface area contributed by atoms with E-state index in [1.165, 1.54) is 0 Å². The molecule has 0 fully saturated rings. The maximum atomic E-state index is 12.5. The summed E-state index contributed by atoms with van der Waals surface area (Å²) >= 11 is 0. The van der Waals surface area contributed by atoms with E-state index in [4.69, 9.17) is 0 Å². The lowest BCUT2D eigenvalue weighted by Crippen LogP contribution is -2.22. The Labute approximate surface area is 163 Å². The summed E-state index contributed by atoms with van der Waals surface area (Å²) in [6.07, 6.45) is 5.24. The summed E-state index contributed by atoms with van der Waals surface area (Å²) in [6, 6.07) is 25.5. The first-order valence-corrected chi connectivity index (χ1v) is 9.08. The van der Waals surface area contributed by atoms with Crippen LogP contribution in [0, 0.1) is 0 Å². The fourth-order valence-corrected chi connectivity index (χ4v) is 2.99. The predicted octanol–water partition coefficient (Wildman–Crippen LogP) is 4.74. The summed E-state index contributed by atoms with van der Waals surface area (Å²) in [5.41, 5.74) is 5.73. The number of carbonyl (C=O) groups excluding carboxylic acids is 1. The highest BCUT2D eigenvalue weighted by atomic mass is 16.1. The van der Waals surface area contributed by atoms with Gasteiger partial charge in [0.2, 0.25) is 0 Å². The Bertz CT molecular complexity index is 1060. The maximum Gasteiger partial charge on any atom is 0.251 e. The van der Waals surface area contributed by atoms with E-state index >= 15 is 0 Å². The molecule has 0 aliphatic rings. The molecular weight excluding hydrogens is 346 g/mol. The van der Waals surface area contributed by atoms with Crippen LogP contribution in [0.3, 0.4) is 0 Å². The van der Waals surface area contributed by atoms with Gasteiger partial charge in [0, 0.05) is 36.3 Å². The number of nitrogens with zero attached hydrogens (tertiary/aromatic N) is 2. The molecule has 1 amide bonds. The second-order valence-electron chi connectivity index (χ2n) is 6.41. The summed E-state index contributed by atoms with van der Waals surface area (Å²) in [7, 11) is 0. The zero-order valence-corrected chi connectivity index (χ0v) is 15.2. The first-order valence-electron chi connectivity index (χ1n) is 9.08. The van der Waals surface area contributed by atoms with E-state index in [2.05, 4.69) is 27.4 Å². The van der Waals surface area contributed by atoms with Crippen LogP contribution in [0.2, 0.25) is 0 Å². The minimum atomic E-state index is -0.0955. The zero-order chi connectivity index (χ0) is 19.2. The minimum absolute atomic E-state index is 0.0955. The second-order valence-corrected chi connectivity index (χ2v) is 6.41. The molecule has 4 rings (SSSR count). The third kappa shape index (κ3) is 4.13. The molecule has 0 saturated carbocycles. The summed E-state index contributed by atoms with van der Waals surface area (Å²) in [5, 5.41) is 2.97. The number of nitrogens with one attached hydrogen (secondary N) is 1. The van der Waals surface area contributed by atoms with Gasteiger partial charge in [-0.1, -0.05) is 42.5 Å². The highest BCUT2D eigenvalue weighted by molar-refractivity contribution is 5.94. The summed E-state index contributed by atoms with van der Waals surface area (Å²) in [5.74, 6) is -0.0955. The molecule has 0 bridgehead atoms. The molecule has 136 valence electrons. The van der Waals surface area contributed by atoms with Crippen molar-refractivity contribution in [2.75, 3.05) is 0 Å². The van der Waals surface area contributed by atoms with E-state index in [-0.39, 0.29) is 5.91 Å². The van der Waals surface area contributed by atoms with Gasteiger partial charge < -0.3 is 5.32 Å². The van der Waals surface area contributed by atoms with Crippen molar-refractivity contribution in [3.63, 3.8) is 0 Å². The third-order valence-corrected chi connectivity index (χ3v) is 4.51. The molecule has 0 unspecified atom stereocenters. The SMILES string of the molecule is O=C(NCc1ccnc(-c2ccncc2)c1)c1ccc(-c2ccccc2)cc1. The van der Waals surface area contributed by atoms with Crippen LogP contribution in [0.15, 0.2) is 97.5 Å². The lowest BCUT2D eigenvalue weighted by atomic mass is 10.0. The van der Waals surface area contributed by atoms with Gasteiger partial charge >= 0.3 is 0 Å². The molecule has 1 N–H and O–H groups in total. The number of benzene rings is 2. The molecule has 4 aromatic rings. The molecule has 4 nitrogen and oxygen atoms in total. The largest absolute Gasteiger partial charge is 0.348 e. The Morgan fingerprint density at radius 3 is 2.21 bits per heavy atom. The van der Waals surface area contributed by atoms with Gasteiger partial charge in [0.05, 0.1) is 5.69 Å². The Morgan fingerprint density at radius 1 is 0.750 bits per heavy atom. The number of pyridine rings is 2. The van der Waals surface area contributed by atoms with Crippen molar-refractivity contribution in [1.82, 2.24) is 15.3 Å². The van der Waals surface area contributed by atoms with E-state index in [1.54, 1.807) is 18.6 Å². The first kappa shape index (κ1) is 17.6. The molecule has 0 aliphatic heterocycles. The quantitative estimate of drug-likeness (QED) is 0.556. The molecular formula is C24H19N3O. The highest BCUT2D eigenvalue weighted by Crippen LogP contribution is 2.19. The average molecular weight is 365 g/mol. The van der Waals surface area contributed by atoms with Crippen LogP contribution < -0.4 is 5.32 Å². The van der Waals surface area contributed by atoms with Crippen molar-refractivity contribution in [3.05, 3.63) is 109 Å². The average Bonchev–Trinajstić information content (AvgIpc) is 2.79. The van der Waals surface area contributed by atoms with Crippen LogP contribution in [-0.4, -0.2) is 15.9 Å². The van der Waals surface area contributed by atoms with Gasteiger partial charge in [-0.3, -0.25) is 14.8 Å². The van der Waals surface area contributed by atoms with Gasteiger partial charge in [0.15, 0.2) is 0 Å². The minimum Gasteiger partial charge on any atom is -0.348 e. The molecule has 2 aromatic heterocycles. The first-order chi connectivity index (χ1) is 13.8. The van der Waals surface area contributed by atoms with Crippen LogP contribution in [0.5, 0.6) is 0 Å². The number of amides is 1. The Kier molecular flexibility index (Phi) is 5.20.